The van der Waals surface area contributed by atoms with Crippen molar-refractivity contribution in [3.05, 3.63) is 212 Å². The summed E-state index contributed by atoms with van der Waals surface area (Å²) in [5.41, 5.74) is 17.8. The maximum atomic E-state index is 6.76. The molecule has 2 N–H and O–H groups in total. The van der Waals surface area contributed by atoms with E-state index in [4.69, 9.17) is 15.7 Å². The number of aliphatic imine (C=N–C) groups is 1. The molecule has 0 atom stereocenters. The van der Waals surface area contributed by atoms with Crippen LogP contribution in [0.15, 0.2) is 206 Å². The summed E-state index contributed by atoms with van der Waals surface area (Å²) in [5, 5.41) is 5.95. The maximum Gasteiger partial charge on any atom is 0.136 e. The number of thiophene rings is 1. The summed E-state index contributed by atoms with van der Waals surface area (Å²) in [7, 11) is 0. The van der Waals surface area contributed by atoms with E-state index in [1.807, 2.05) is 55.6 Å². The van der Waals surface area contributed by atoms with E-state index in [-0.39, 0.29) is 0 Å². The molecular weight excluding hydrogens is 751 g/mol. The van der Waals surface area contributed by atoms with E-state index in [1.54, 1.807) is 17.4 Å². The number of rotatable bonds is 7. The van der Waals surface area contributed by atoms with Crippen molar-refractivity contribution in [2.24, 2.45) is 10.7 Å². The third-order valence-corrected chi connectivity index (χ3v) is 12.2. The molecule has 4 heterocycles. The SMILES string of the molecule is C=CC.N/C(=N\C(=C/Cc1ccccc1)n1c2ccccc2c2ccc(-c3ccc4c(c3)c3ccccc3n4-c3ccc4sc5cccnc5c4c3)cc21)c1ccccc1. The van der Waals surface area contributed by atoms with Gasteiger partial charge >= 0.3 is 0 Å². The van der Waals surface area contributed by atoms with Gasteiger partial charge < -0.3 is 10.3 Å². The lowest BCUT2D eigenvalue weighted by Gasteiger charge is -2.12. The van der Waals surface area contributed by atoms with Crippen LogP contribution < -0.4 is 5.73 Å². The number of amidine groups is 1. The number of pyridine rings is 1. The molecule has 0 amide bonds. The fourth-order valence-corrected chi connectivity index (χ4v) is 9.40. The standard InChI is InChI=1S/C51H35N5S.C3H6/c52-51(34-14-5-2-6-15-34)54-49(28-21-33-12-3-1-4-13-33)56-44-19-10-7-16-38(44)40-25-22-36(31-46(40)56)35-23-26-45-41(30-35)39-17-8-9-18-43(39)55(45)37-24-27-47-42(32-37)50-48(57-47)20-11-29-53-50;1-3-2/h1-20,22-32H,21H2,(H2,52,54);3H,1H2,2H3/b49-28+;. The van der Waals surface area contributed by atoms with Gasteiger partial charge in [-0.05, 0) is 96.8 Å². The number of benzene rings is 7. The zero-order chi connectivity index (χ0) is 40.6. The maximum absolute atomic E-state index is 6.76. The number of nitrogens with zero attached hydrogens (tertiary/aromatic N) is 4. The lowest BCUT2D eigenvalue weighted by Crippen LogP contribution is -2.14. The third-order valence-electron chi connectivity index (χ3n) is 11.0. The van der Waals surface area contributed by atoms with Gasteiger partial charge in [-0.1, -0.05) is 121 Å². The molecule has 60 heavy (non-hydrogen) atoms. The Balaban J connectivity index is 0.00000140. The largest absolute Gasteiger partial charge is 0.383 e. The van der Waals surface area contributed by atoms with E-state index in [0.717, 1.165) is 50.1 Å². The number of para-hydroxylation sites is 2. The molecule has 0 bridgehead atoms. The van der Waals surface area contributed by atoms with Gasteiger partial charge in [-0.2, -0.15) is 0 Å². The molecule has 0 fully saturated rings. The van der Waals surface area contributed by atoms with Gasteiger partial charge in [0.25, 0.3) is 0 Å². The molecule has 4 aromatic heterocycles. The average molecular weight is 792 g/mol. The minimum Gasteiger partial charge on any atom is -0.383 e. The Morgan fingerprint density at radius 3 is 2.07 bits per heavy atom. The zero-order valence-corrected chi connectivity index (χ0v) is 34.0. The van der Waals surface area contributed by atoms with Crippen LogP contribution in [0, 0.1) is 0 Å². The van der Waals surface area contributed by atoms with Crippen LogP contribution in [0.5, 0.6) is 0 Å². The number of hydrogen-bond donors (Lipinski definition) is 1. The van der Waals surface area contributed by atoms with Crippen molar-refractivity contribution in [1.29, 1.82) is 0 Å². The van der Waals surface area contributed by atoms with E-state index >= 15 is 0 Å². The van der Waals surface area contributed by atoms with Crippen molar-refractivity contribution >= 4 is 86.9 Å². The molecule has 288 valence electrons. The molecule has 0 saturated carbocycles. The Morgan fingerprint density at radius 2 is 1.27 bits per heavy atom. The van der Waals surface area contributed by atoms with Gasteiger partial charge in [-0.15, -0.1) is 17.9 Å². The molecule has 7 aromatic carbocycles. The van der Waals surface area contributed by atoms with Crippen molar-refractivity contribution < 1.29 is 0 Å². The highest BCUT2D eigenvalue weighted by atomic mass is 32.1. The summed E-state index contributed by atoms with van der Waals surface area (Å²) in [4.78, 5) is 9.91. The first kappa shape index (κ1) is 36.8. The van der Waals surface area contributed by atoms with E-state index in [0.29, 0.717) is 12.3 Å². The molecule has 11 aromatic rings. The Hall–Kier alpha value is -7.54. The lowest BCUT2D eigenvalue weighted by molar-refractivity contribution is 1.14. The first-order chi connectivity index (χ1) is 29.6. The number of allylic oxidation sites excluding steroid dienone is 2. The fraction of sp³-hybridized carbons (Fsp3) is 0.0370. The summed E-state index contributed by atoms with van der Waals surface area (Å²) < 4.78 is 7.11. The zero-order valence-electron chi connectivity index (χ0n) is 33.2. The van der Waals surface area contributed by atoms with E-state index < -0.39 is 0 Å². The molecule has 0 saturated heterocycles. The molecule has 0 aliphatic rings. The second kappa shape index (κ2) is 15.7. The molecule has 0 spiro atoms. The number of aromatic nitrogens is 3. The van der Waals surface area contributed by atoms with Crippen LogP contribution in [0.2, 0.25) is 0 Å². The topological polar surface area (TPSA) is 61.1 Å². The predicted octanol–water partition coefficient (Wildman–Crippen LogP) is 14.0. The molecule has 0 radical (unpaired) electrons. The van der Waals surface area contributed by atoms with Crippen LogP contribution >= 0.6 is 11.3 Å². The highest BCUT2D eigenvalue weighted by Gasteiger charge is 2.18. The van der Waals surface area contributed by atoms with E-state index in [2.05, 4.69) is 155 Å². The van der Waals surface area contributed by atoms with Crippen molar-refractivity contribution in [1.82, 2.24) is 14.1 Å². The van der Waals surface area contributed by atoms with Crippen LogP contribution in [0.25, 0.3) is 86.5 Å². The Bertz CT molecular complexity index is 3440. The van der Waals surface area contributed by atoms with Crippen molar-refractivity contribution in [2.45, 2.75) is 13.3 Å². The van der Waals surface area contributed by atoms with E-state index in [9.17, 15) is 0 Å². The summed E-state index contributed by atoms with van der Waals surface area (Å²) in [6, 6.07) is 62.4. The summed E-state index contributed by atoms with van der Waals surface area (Å²) >= 11 is 1.79. The molecule has 0 unspecified atom stereocenters. The minimum absolute atomic E-state index is 0.474. The molecule has 6 heteroatoms. The van der Waals surface area contributed by atoms with Gasteiger partial charge in [0.1, 0.15) is 11.7 Å². The van der Waals surface area contributed by atoms with Gasteiger partial charge in [-0.3, -0.25) is 9.55 Å². The lowest BCUT2D eigenvalue weighted by atomic mass is 10.0. The monoisotopic (exact) mass is 791 g/mol. The average Bonchev–Trinajstić information content (AvgIpc) is 3.95. The van der Waals surface area contributed by atoms with Crippen molar-refractivity contribution in [2.75, 3.05) is 0 Å². The summed E-state index contributed by atoms with van der Waals surface area (Å²) in [6.07, 6.45) is 6.54. The van der Waals surface area contributed by atoms with E-state index in [1.165, 1.54) is 47.5 Å². The van der Waals surface area contributed by atoms with Crippen LogP contribution in [-0.2, 0) is 6.42 Å². The molecular formula is C54H41N5S. The second-order valence-corrected chi connectivity index (χ2v) is 15.9. The van der Waals surface area contributed by atoms with Gasteiger partial charge in [0.15, 0.2) is 0 Å². The first-order valence-electron chi connectivity index (χ1n) is 20.1. The quantitative estimate of drug-likeness (QED) is 0.0993. The minimum atomic E-state index is 0.474. The molecule has 0 aliphatic carbocycles. The van der Waals surface area contributed by atoms with Crippen LogP contribution in [0.4, 0.5) is 0 Å². The Kier molecular flexibility index (Phi) is 9.60. The van der Waals surface area contributed by atoms with Gasteiger partial charge in [-0.25, -0.2) is 4.99 Å². The van der Waals surface area contributed by atoms with Crippen LogP contribution in [0.1, 0.15) is 18.1 Å². The van der Waals surface area contributed by atoms with Crippen molar-refractivity contribution in [3.63, 3.8) is 0 Å². The van der Waals surface area contributed by atoms with Gasteiger partial charge in [0.2, 0.25) is 0 Å². The number of nitrogens with two attached hydrogens (primary N) is 1. The van der Waals surface area contributed by atoms with Crippen LogP contribution in [0.3, 0.4) is 0 Å². The number of fused-ring (bicyclic) bond motifs is 9. The fourth-order valence-electron chi connectivity index (χ4n) is 8.36. The summed E-state index contributed by atoms with van der Waals surface area (Å²) in [6.45, 7) is 5.25. The summed E-state index contributed by atoms with van der Waals surface area (Å²) in [5.74, 6) is 1.26. The van der Waals surface area contributed by atoms with Gasteiger partial charge in [0.05, 0.1) is 32.3 Å². The molecule has 0 aliphatic heterocycles. The first-order valence-corrected chi connectivity index (χ1v) is 21.0. The predicted molar refractivity (Wildman–Crippen MR) is 257 cm³/mol. The Labute approximate surface area is 352 Å². The third kappa shape index (κ3) is 6.53. The second-order valence-electron chi connectivity index (χ2n) is 14.8. The normalized spacial score (nSPS) is 12.2. The highest BCUT2D eigenvalue weighted by Crippen LogP contribution is 2.40. The smallest absolute Gasteiger partial charge is 0.136 e. The molecule has 5 nitrogen and oxygen atoms in total. The number of hydrogen-bond acceptors (Lipinski definition) is 3. The van der Waals surface area contributed by atoms with Crippen LogP contribution in [-0.4, -0.2) is 20.0 Å². The molecule has 11 rings (SSSR count). The highest BCUT2D eigenvalue weighted by molar-refractivity contribution is 7.25. The Morgan fingerprint density at radius 1 is 0.617 bits per heavy atom. The van der Waals surface area contributed by atoms with Crippen molar-refractivity contribution in [3.8, 4) is 16.8 Å². The van der Waals surface area contributed by atoms with Gasteiger partial charge in [0, 0.05) is 49.1 Å².